The van der Waals surface area contributed by atoms with Crippen LogP contribution < -0.4 is 9.47 Å². The number of nitrogens with zero attached hydrogens (tertiary/aromatic N) is 4. The number of amides is 1. The van der Waals surface area contributed by atoms with Gasteiger partial charge in [0.05, 0.1) is 10.5 Å². The summed E-state index contributed by atoms with van der Waals surface area (Å²) in [6.45, 7) is 2.59. The number of aliphatic imine (C=N–C) groups is 1. The van der Waals surface area contributed by atoms with Crippen LogP contribution in [0.4, 0.5) is 5.69 Å². The van der Waals surface area contributed by atoms with Crippen LogP contribution in [-0.4, -0.2) is 45.1 Å². The van der Waals surface area contributed by atoms with Gasteiger partial charge in [0.25, 0.3) is 11.6 Å². The summed E-state index contributed by atoms with van der Waals surface area (Å²) in [5.74, 6) is 0.292. The highest BCUT2D eigenvalue weighted by molar-refractivity contribution is 8.26. The molecule has 1 amide bonds. The molecule has 2 aliphatic heterocycles. The Morgan fingerprint density at radius 1 is 1.08 bits per heavy atom. The Bertz CT molecular complexity index is 1290. The van der Waals surface area contributed by atoms with Crippen LogP contribution in [0.15, 0.2) is 64.2 Å². The molecule has 0 saturated heterocycles. The van der Waals surface area contributed by atoms with Crippen molar-refractivity contribution in [3.05, 3.63) is 69.8 Å². The minimum Gasteiger partial charge on any atom is -0.490 e. The predicted molar refractivity (Wildman–Crippen MR) is 149 cm³/mol. The van der Waals surface area contributed by atoms with E-state index in [1.807, 2.05) is 30.3 Å². The van der Waals surface area contributed by atoms with Gasteiger partial charge in [-0.25, -0.2) is 0 Å². The molecule has 0 aliphatic carbocycles. The van der Waals surface area contributed by atoms with E-state index in [9.17, 15) is 14.9 Å². The maximum atomic E-state index is 12.9. The van der Waals surface area contributed by atoms with Crippen LogP contribution in [0.2, 0.25) is 0 Å². The summed E-state index contributed by atoms with van der Waals surface area (Å²) in [6.07, 6.45) is 7.80. The number of unbranched alkanes of at least 4 members (excludes halogenated alkanes) is 4. The van der Waals surface area contributed by atoms with Gasteiger partial charge in [0.1, 0.15) is 29.8 Å². The van der Waals surface area contributed by atoms with Gasteiger partial charge < -0.3 is 9.47 Å². The second kappa shape index (κ2) is 13.0. The van der Waals surface area contributed by atoms with Crippen molar-refractivity contribution >= 4 is 45.5 Å². The average Bonchev–Trinajstić information content (AvgIpc) is 3.32. The SMILES string of the molecule is CCCCCCCC1=NN2C(=N)/C(=C/c3cc([N+](=O)[O-])ccc3OCCOc3ccccc3)C(=O)N=C2S1. The molecule has 38 heavy (non-hydrogen) atoms. The number of nitrogens with one attached hydrogen (secondary N) is 1. The fraction of sp³-hybridized carbons (Fsp3) is 0.333. The first-order chi connectivity index (χ1) is 18.5. The monoisotopic (exact) mass is 535 g/mol. The number of amidine groups is 2. The number of benzene rings is 2. The molecule has 10 nitrogen and oxygen atoms in total. The van der Waals surface area contributed by atoms with E-state index < -0.39 is 10.8 Å². The first kappa shape index (κ1) is 27.1. The molecule has 0 unspecified atom stereocenters. The highest BCUT2D eigenvalue weighted by Gasteiger charge is 2.35. The van der Waals surface area contributed by atoms with E-state index in [-0.39, 0.29) is 35.9 Å². The van der Waals surface area contributed by atoms with Crippen LogP contribution in [0.1, 0.15) is 51.0 Å². The lowest BCUT2D eigenvalue weighted by atomic mass is 10.1. The van der Waals surface area contributed by atoms with Gasteiger partial charge in [0.15, 0.2) is 5.84 Å². The average molecular weight is 536 g/mol. The first-order valence-corrected chi connectivity index (χ1v) is 13.4. The van der Waals surface area contributed by atoms with E-state index in [2.05, 4.69) is 17.0 Å². The van der Waals surface area contributed by atoms with Crippen LogP contribution in [0.25, 0.3) is 6.08 Å². The lowest BCUT2D eigenvalue weighted by molar-refractivity contribution is -0.384. The normalized spacial score (nSPS) is 15.8. The maximum absolute atomic E-state index is 12.9. The number of nitro benzene ring substituents is 1. The first-order valence-electron chi connectivity index (χ1n) is 12.5. The third kappa shape index (κ3) is 6.86. The highest BCUT2D eigenvalue weighted by atomic mass is 32.2. The van der Waals surface area contributed by atoms with Crippen molar-refractivity contribution in [3.8, 4) is 11.5 Å². The molecule has 0 spiro atoms. The minimum absolute atomic E-state index is 0.0202. The fourth-order valence-corrected chi connectivity index (χ4v) is 4.82. The van der Waals surface area contributed by atoms with Gasteiger partial charge in [-0.2, -0.15) is 15.1 Å². The van der Waals surface area contributed by atoms with Crippen molar-refractivity contribution in [2.24, 2.45) is 10.1 Å². The predicted octanol–water partition coefficient (Wildman–Crippen LogP) is 6.03. The van der Waals surface area contributed by atoms with E-state index in [1.165, 1.54) is 60.3 Å². The Balaban J connectivity index is 1.49. The Morgan fingerprint density at radius 3 is 2.61 bits per heavy atom. The number of hydrogen-bond donors (Lipinski definition) is 1. The number of carbonyl (C=O) groups is 1. The third-order valence-electron chi connectivity index (χ3n) is 5.85. The van der Waals surface area contributed by atoms with Crippen LogP contribution in [-0.2, 0) is 4.79 Å². The minimum atomic E-state index is -0.599. The van der Waals surface area contributed by atoms with E-state index in [0.717, 1.165) is 24.3 Å². The molecule has 0 radical (unpaired) electrons. The molecule has 11 heteroatoms. The number of hydrogen-bond acceptors (Lipinski definition) is 8. The Hall–Kier alpha value is -3.99. The molecule has 2 aliphatic rings. The van der Waals surface area contributed by atoms with Gasteiger partial charge in [-0.05, 0) is 48.9 Å². The number of rotatable bonds is 13. The Morgan fingerprint density at radius 2 is 1.84 bits per heavy atom. The van der Waals surface area contributed by atoms with Gasteiger partial charge in [-0.3, -0.25) is 20.3 Å². The van der Waals surface area contributed by atoms with Crippen molar-refractivity contribution in [1.29, 1.82) is 5.41 Å². The molecule has 0 atom stereocenters. The molecule has 198 valence electrons. The summed E-state index contributed by atoms with van der Waals surface area (Å²) in [7, 11) is 0. The number of fused-ring (bicyclic) bond motifs is 1. The van der Waals surface area contributed by atoms with E-state index in [1.54, 1.807) is 0 Å². The van der Waals surface area contributed by atoms with Crippen molar-refractivity contribution < 1.29 is 19.2 Å². The van der Waals surface area contributed by atoms with Crippen LogP contribution in [0.5, 0.6) is 11.5 Å². The number of para-hydroxylation sites is 1. The van der Waals surface area contributed by atoms with E-state index in [4.69, 9.17) is 14.9 Å². The summed E-state index contributed by atoms with van der Waals surface area (Å²) in [4.78, 5) is 27.9. The number of non-ortho nitro benzene ring substituents is 1. The van der Waals surface area contributed by atoms with Crippen molar-refractivity contribution in [3.63, 3.8) is 0 Å². The standard InChI is InChI=1S/C27H29N5O5S/c1-2-3-4-5-9-12-24-30-31-25(28)22(26(33)29-27(31)38-24)18-19-17-20(32(34)35)13-14-23(19)37-16-15-36-21-10-7-6-8-11-21/h6-8,10-11,13-14,17-18,28H,2-5,9,12,15-16H2,1H3/b22-18-,28-25?. The van der Waals surface area contributed by atoms with Crippen molar-refractivity contribution in [2.75, 3.05) is 13.2 Å². The highest BCUT2D eigenvalue weighted by Crippen LogP contribution is 2.32. The lowest BCUT2D eigenvalue weighted by Crippen LogP contribution is -2.35. The summed E-state index contributed by atoms with van der Waals surface area (Å²) < 4.78 is 11.5. The van der Waals surface area contributed by atoms with Gasteiger partial charge in [0.2, 0.25) is 5.17 Å². The summed E-state index contributed by atoms with van der Waals surface area (Å²) in [5.41, 5.74) is 0.106. The van der Waals surface area contributed by atoms with Gasteiger partial charge in [-0.15, -0.1) is 0 Å². The Kier molecular flexibility index (Phi) is 9.26. The molecule has 2 aromatic rings. The lowest BCUT2D eigenvalue weighted by Gasteiger charge is -2.20. The molecule has 0 aromatic heterocycles. The molecular weight excluding hydrogens is 506 g/mol. The maximum Gasteiger partial charge on any atom is 0.283 e. The molecule has 4 rings (SSSR count). The molecule has 0 saturated carbocycles. The summed E-state index contributed by atoms with van der Waals surface area (Å²) >= 11 is 1.30. The van der Waals surface area contributed by atoms with Crippen LogP contribution in [0.3, 0.4) is 0 Å². The molecule has 2 heterocycles. The fourth-order valence-electron chi connectivity index (χ4n) is 3.89. The number of nitro groups is 1. The summed E-state index contributed by atoms with van der Waals surface area (Å²) in [5, 5.41) is 27.0. The molecule has 0 bridgehead atoms. The number of hydrazone groups is 1. The van der Waals surface area contributed by atoms with Gasteiger partial charge in [0, 0.05) is 17.7 Å². The molecule has 1 N–H and O–H groups in total. The quantitative estimate of drug-likeness (QED) is 0.143. The second-order valence-electron chi connectivity index (χ2n) is 8.67. The third-order valence-corrected chi connectivity index (χ3v) is 6.82. The molecular formula is C27H29N5O5S. The van der Waals surface area contributed by atoms with Gasteiger partial charge >= 0.3 is 0 Å². The smallest absolute Gasteiger partial charge is 0.283 e. The molecule has 2 aromatic carbocycles. The van der Waals surface area contributed by atoms with Crippen LogP contribution >= 0.6 is 11.8 Å². The van der Waals surface area contributed by atoms with Crippen LogP contribution in [0, 0.1) is 15.5 Å². The zero-order valence-electron chi connectivity index (χ0n) is 21.1. The largest absolute Gasteiger partial charge is 0.490 e. The number of carbonyl (C=O) groups excluding carboxylic acids is 1. The number of thioether (sulfide) groups is 1. The zero-order chi connectivity index (χ0) is 26.9. The van der Waals surface area contributed by atoms with Crippen molar-refractivity contribution in [2.45, 2.75) is 45.4 Å². The van der Waals surface area contributed by atoms with E-state index >= 15 is 0 Å². The second-order valence-corrected chi connectivity index (χ2v) is 9.71. The van der Waals surface area contributed by atoms with Gasteiger partial charge in [-0.1, -0.05) is 50.8 Å². The Labute approximate surface area is 225 Å². The molecule has 0 fully saturated rings. The number of ether oxygens (including phenoxy) is 2. The summed E-state index contributed by atoms with van der Waals surface area (Å²) in [6, 6.07) is 13.4. The topological polar surface area (TPSA) is 130 Å². The van der Waals surface area contributed by atoms with Crippen molar-refractivity contribution in [1.82, 2.24) is 5.01 Å². The zero-order valence-corrected chi connectivity index (χ0v) is 21.9. The van der Waals surface area contributed by atoms with E-state index in [0.29, 0.717) is 16.7 Å².